The molecule has 2 aliphatic carbocycles. The van der Waals surface area contributed by atoms with Crippen LogP contribution in [-0.4, -0.2) is 6.04 Å². The number of halogens is 2. The summed E-state index contributed by atoms with van der Waals surface area (Å²) < 4.78 is 14.3. The number of fused-ring (bicyclic) bond motifs is 2. The first-order valence-corrected chi connectivity index (χ1v) is 8.29. The topological polar surface area (TPSA) is 12.0 Å². The third-order valence-corrected chi connectivity index (χ3v) is 6.16. The zero-order chi connectivity index (χ0) is 14.5. The molecular weight excluding hydrogens is 317 g/mol. The molecule has 0 spiro atoms. The van der Waals surface area contributed by atoms with E-state index in [0.717, 1.165) is 22.5 Å². The summed E-state index contributed by atoms with van der Waals surface area (Å²) in [7, 11) is 0. The van der Waals surface area contributed by atoms with Crippen LogP contribution in [0.5, 0.6) is 0 Å². The predicted octanol–water partition coefficient (Wildman–Crippen LogP) is 4.89. The van der Waals surface area contributed by atoms with Crippen molar-refractivity contribution in [1.29, 1.82) is 0 Å². The molecule has 1 N–H and O–H groups in total. The van der Waals surface area contributed by atoms with E-state index in [-0.39, 0.29) is 5.82 Å². The van der Waals surface area contributed by atoms with E-state index in [9.17, 15) is 4.39 Å². The van der Waals surface area contributed by atoms with Crippen LogP contribution in [0.3, 0.4) is 0 Å². The van der Waals surface area contributed by atoms with Crippen LogP contribution in [0.15, 0.2) is 22.7 Å². The summed E-state index contributed by atoms with van der Waals surface area (Å²) in [6.45, 7) is 7.94. The molecule has 2 fully saturated rings. The van der Waals surface area contributed by atoms with Crippen molar-refractivity contribution in [3.8, 4) is 0 Å². The third-order valence-electron chi connectivity index (χ3n) is 5.70. The number of hydrogen-bond donors (Lipinski definition) is 1. The molecule has 20 heavy (non-hydrogen) atoms. The Morgan fingerprint density at radius 3 is 2.65 bits per heavy atom. The Balaban J connectivity index is 1.75. The van der Waals surface area contributed by atoms with Crippen molar-refractivity contribution >= 4 is 15.9 Å². The summed E-state index contributed by atoms with van der Waals surface area (Å²) in [6.07, 6.45) is 4.03. The highest BCUT2D eigenvalue weighted by Gasteiger charge is 2.58. The molecule has 3 atom stereocenters. The fraction of sp³-hybridized carbons (Fsp3) is 0.647. The second-order valence-corrected chi connectivity index (χ2v) is 8.42. The van der Waals surface area contributed by atoms with Crippen LogP contribution < -0.4 is 5.32 Å². The molecule has 0 heterocycles. The number of nitrogens with one attached hydrogen (secondary N) is 1. The number of benzene rings is 1. The SMILES string of the molecule is CC12CCC(C1)C(C)(C)C2NCc1cc(F)cc(Br)c1. The fourth-order valence-electron chi connectivity index (χ4n) is 4.74. The van der Waals surface area contributed by atoms with Gasteiger partial charge in [-0.3, -0.25) is 0 Å². The highest BCUT2D eigenvalue weighted by atomic mass is 79.9. The van der Waals surface area contributed by atoms with Gasteiger partial charge < -0.3 is 5.32 Å². The summed E-state index contributed by atoms with van der Waals surface area (Å²) in [5.41, 5.74) is 1.77. The maximum Gasteiger partial charge on any atom is 0.124 e. The molecule has 3 unspecified atom stereocenters. The normalized spacial score (nSPS) is 34.6. The van der Waals surface area contributed by atoms with Gasteiger partial charge >= 0.3 is 0 Å². The lowest BCUT2D eigenvalue weighted by Crippen LogP contribution is -2.49. The lowest BCUT2D eigenvalue weighted by atomic mass is 9.68. The van der Waals surface area contributed by atoms with Gasteiger partial charge in [0.15, 0.2) is 0 Å². The number of hydrogen-bond acceptors (Lipinski definition) is 1. The quantitative estimate of drug-likeness (QED) is 0.826. The summed E-state index contributed by atoms with van der Waals surface area (Å²) >= 11 is 3.36. The van der Waals surface area contributed by atoms with Crippen LogP contribution in [0.4, 0.5) is 4.39 Å². The molecular formula is C17H23BrFN. The van der Waals surface area contributed by atoms with Gasteiger partial charge in [-0.05, 0) is 59.8 Å². The molecule has 0 amide bonds. The first-order chi connectivity index (χ1) is 9.31. The van der Waals surface area contributed by atoms with Crippen LogP contribution in [0.2, 0.25) is 0 Å². The van der Waals surface area contributed by atoms with Crippen molar-refractivity contribution in [3.05, 3.63) is 34.1 Å². The minimum Gasteiger partial charge on any atom is -0.309 e. The molecule has 0 aliphatic heterocycles. The standard InChI is InChI=1S/C17H23BrFN/c1-16(2)12-4-5-17(3,9-12)15(16)20-10-11-6-13(18)8-14(19)7-11/h6-8,12,15,20H,4-5,9-10H2,1-3H3. The zero-order valence-corrected chi connectivity index (χ0v) is 14.1. The monoisotopic (exact) mass is 339 g/mol. The summed E-state index contributed by atoms with van der Waals surface area (Å²) in [5.74, 6) is 0.666. The second kappa shape index (κ2) is 4.81. The van der Waals surface area contributed by atoms with Crippen LogP contribution in [-0.2, 0) is 6.54 Å². The molecule has 2 saturated carbocycles. The minimum absolute atomic E-state index is 0.172. The van der Waals surface area contributed by atoms with E-state index in [1.54, 1.807) is 6.07 Å². The van der Waals surface area contributed by atoms with E-state index in [4.69, 9.17) is 0 Å². The maximum atomic E-state index is 13.4. The Hall–Kier alpha value is -0.410. The minimum atomic E-state index is -0.172. The van der Waals surface area contributed by atoms with Gasteiger partial charge in [0.05, 0.1) is 0 Å². The number of rotatable bonds is 3. The largest absolute Gasteiger partial charge is 0.309 e. The molecule has 0 aromatic heterocycles. The lowest BCUT2D eigenvalue weighted by molar-refractivity contribution is 0.108. The maximum absolute atomic E-state index is 13.4. The van der Waals surface area contributed by atoms with Crippen LogP contribution in [0.1, 0.15) is 45.6 Å². The van der Waals surface area contributed by atoms with E-state index in [0.29, 0.717) is 16.9 Å². The predicted molar refractivity (Wildman–Crippen MR) is 84.0 cm³/mol. The fourth-order valence-corrected chi connectivity index (χ4v) is 5.26. The smallest absolute Gasteiger partial charge is 0.124 e. The Bertz CT molecular complexity index is 503. The van der Waals surface area contributed by atoms with Gasteiger partial charge in [-0.2, -0.15) is 0 Å². The molecule has 0 saturated heterocycles. The summed E-state index contributed by atoms with van der Waals surface area (Å²) in [5, 5.41) is 3.73. The van der Waals surface area contributed by atoms with Gasteiger partial charge in [-0.15, -0.1) is 0 Å². The van der Waals surface area contributed by atoms with Gasteiger partial charge in [0, 0.05) is 17.1 Å². The Kier molecular flexibility index (Phi) is 3.49. The van der Waals surface area contributed by atoms with Gasteiger partial charge in [0.1, 0.15) is 5.82 Å². The van der Waals surface area contributed by atoms with Gasteiger partial charge in [-0.1, -0.05) is 36.7 Å². The van der Waals surface area contributed by atoms with Crippen LogP contribution in [0.25, 0.3) is 0 Å². The van der Waals surface area contributed by atoms with Crippen molar-refractivity contribution in [2.45, 2.75) is 52.6 Å². The lowest BCUT2D eigenvalue weighted by Gasteiger charge is -2.43. The van der Waals surface area contributed by atoms with E-state index >= 15 is 0 Å². The molecule has 3 rings (SSSR count). The van der Waals surface area contributed by atoms with E-state index in [2.05, 4.69) is 42.0 Å². The molecule has 2 bridgehead atoms. The van der Waals surface area contributed by atoms with E-state index in [1.807, 2.05) is 6.07 Å². The van der Waals surface area contributed by atoms with E-state index in [1.165, 1.54) is 25.3 Å². The summed E-state index contributed by atoms with van der Waals surface area (Å²) in [6, 6.07) is 5.65. The molecule has 3 heteroatoms. The molecule has 2 aliphatic rings. The van der Waals surface area contributed by atoms with Gasteiger partial charge in [-0.25, -0.2) is 4.39 Å². The average molecular weight is 340 g/mol. The van der Waals surface area contributed by atoms with Crippen LogP contribution >= 0.6 is 15.9 Å². The average Bonchev–Trinajstić information content (AvgIpc) is 2.78. The third kappa shape index (κ3) is 2.33. The Morgan fingerprint density at radius 1 is 1.30 bits per heavy atom. The first-order valence-electron chi connectivity index (χ1n) is 7.50. The van der Waals surface area contributed by atoms with Crippen molar-refractivity contribution in [2.75, 3.05) is 0 Å². The second-order valence-electron chi connectivity index (χ2n) is 7.51. The zero-order valence-electron chi connectivity index (χ0n) is 12.5. The van der Waals surface area contributed by atoms with Gasteiger partial charge in [0.25, 0.3) is 0 Å². The first kappa shape index (κ1) is 14.5. The molecule has 1 nitrogen and oxygen atoms in total. The molecule has 1 aromatic carbocycles. The Labute approximate surface area is 129 Å². The summed E-state index contributed by atoms with van der Waals surface area (Å²) in [4.78, 5) is 0. The van der Waals surface area contributed by atoms with Crippen molar-refractivity contribution in [2.24, 2.45) is 16.7 Å². The Morgan fingerprint density at radius 2 is 2.05 bits per heavy atom. The van der Waals surface area contributed by atoms with Crippen LogP contribution in [0, 0.1) is 22.6 Å². The van der Waals surface area contributed by atoms with Crippen molar-refractivity contribution in [1.82, 2.24) is 5.32 Å². The highest BCUT2D eigenvalue weighted by Crippen LogP contribution is 2.62. The van der Waals surface area contributed by atoms with E-state index < -0.39 is 0 Å². The molecule has 110 valence electrons. The highest BCUT2D eigenvalue weighted by molar-refractivity contribution is 9.10. The molecule has 0 radical (unpaired) electrons. The van der Waals surface area contributed by atoms with Gasteiger partial charge in [0.2, 0.25) is 0 Å². The van der Waals surface area contributed by atoms with Crippen molar-refractivity contribution in [3.63, 3.8) is 0 Å². The van der Waals surface area contributed by atoms with Crippen molar-refractivity contribution < 1.29 is 4.39 Å². The molecule has 1 aromatic rings.